The van der Waals surface area contributed by atoms with Gasteiger partial charge >= 0.3 is 0 Å². The lowest BCUT2D eigenvalue weighted by Crippen LogP contribution is -2.30. The first-order chi connectivity index (χ1) is 15.8. The van der Waals surface area contributed by atoms with Crippen molar-refractivity contribution in [3.8, 4) is 11.1 Å². The van der Waals surface area contributed by atoms with Gasteiger partial charge in [-0.2, -0.15) is 0 Å². The molecule has 0 bridgehead atoms. The van der Waals surface area contributed by atoms with Crippen LogP contribution in [0.4, 0.5) is 0 Å². The van der Waals surface area contributed by atoms with Crippen molar-refractivity contribution >= 4 is 5.57 Å². The number of hydrogen-bond donors (Lipinski definition) is 0. The summed E-state index contributed by atoms with van der Waals surface area (Å²) in [6.07, 6.45) is 15.4. The first-order valence-electron chi connectivity index (χ1n) is 11.8. The molecular weight excluding hydrogens is 384 g/mol. The van der Waals surface area contributed by atoms with Crippen LogP contribution in [0.25, 0.3) is 16.7 Å². The summed E-state index contributed by atoms with van der Waals surface area (Å²) in [6, 6.07) is 29.1. The number of benzene rings is 3. The molecule has 6 rings (SSSR count). The second kappa shape index (κ2) is 7.64. The van der Waals surface area contributed by atoms with Gasteiger partial charge in [0, 0.05) is 0 Å². The fourth-order valence-electron chi connectivity index (χ4n) is 6.01. The van der Waals surface area contributed by atoms with E-state index in [4.69, 9.17) is 0 Å². The molecule has 0 radical (unpaired) electrons. The first kappa shape index (κ1) is 19.3. The summed E-state index contributed by atoms with van der Waals surface area (Å²) in [5.41, 5.74) is 11.0. The van der Waals surface area contributed by atoms with Crippen molar-refractivity contribution in [3.63, 3.8) is 0 Å². The molecule has 3 aromatic carbocycles. The van der Waals surface area contributed by atoms with Gasteiger partial charge in [-0.1, -0.05) is 110 Å². The van der Waals surface area contributed by atoms with E-state index >= 15 is 0 Å². The van der Waals surface area contributed by atoms with Crippen LogP contribution < -0.4 is 0 Å². The highest BCUT2D eigenvalue weighted by molar-refractivity contribution is 5.91. The lowest BCUT2D eigenvalue weighted by atomic mass is 9.64. The summed E-state index contributed by atoms with van der Waals surface area (Å²) in [5.74, 6) is 0.523. The third-order valence-electron chi connectivity index (χ3n) is 7.42. The van der Waals surface area contributed by atoms with Crippen molar-refractivity contribution in [2.24, 2.45) is 5.92 Å². The Morgan fingerprint density at radius 1 is 0.750 bits per heavy atom. The Labute approximate surface area is 191 Å². The standard InChI is InChI=1S/C32H28/c1-23-12-11-19-29-31(23)28-21-20-25(24-13-5-2-6-14-24)22-30(28)32(29,26-15-7-3-8-16-26)27-17-9-4-10-18-27/h2-3,5-9,11,13-23H,4,10,12H2,1H3. The molecule has 0 heteroatoms. The van der Waals surface area contributed by atoms with Crippen LogP contribution in [0.5, 0.6) is 0 Å². The fourth-order valence-corrected chi connectivity index (χ4v) is 6.01. The van der Waals surface area contributed by atoms with Crippen LogP contribution >= 0.6 is 0 Å². The van der Waals surface area contributed by atoms with Gasteiger partial charge in [0.2, 0.25) is 0 Å². The molecule has 3 aliphatic rings. The molecule has 0 heterocycles. The van der Waals surface area contributed by atoms with E-state index < -0.39 is 0 Å². The predicted molar refractivity (Wildman–Crippen MR) is 135 cm³/mol. The van der Waals surface area contributed by atoms with E-state index in [2.05, 4.69) is 116 Å². The van der Waals surface area contributed by atoms with Gasteiger partial charge in [0.25, 0.3) is 0 Å². The van der Waals surface area contributed by atoms with Crippen molar-refractivity contribution in [1.82, 2.24) is 0 Å². The van der Waals surface area contributed by atoms with Crippen LogP contribution in [0.1, 0.15) is 42.9 Å². The van der Waals surface area contributed by atoms with E-state index in [1.807, 2.05) is 0 Å². The molecular formula is C32H28. The van der Waals surface area contributed by atoms with Crippen LogP contribution in [0.15, 0.2) is 120 Å². The van der Waals surface area contributed by atoms with Crippen molar-refractivity contribution in [3.05, 3.63) is 137 Å². The zero-order valence-corrected chi connectivity index (χ0v) is 18.6. The molecule has 156 valence electrons. The van der Waals surface area contributed by atoms with Gasteiger partial charge in [0.05, 0.1) is 5.41 Å². The van der Waals surface area contributed by atoms with E-state index in [0.29, 0.717) is 5.92 Å². The number of allylic oxidation sites excluding steroid dienone is 8. The molecule has 2 unspecified atom stereocenters. The summed E-state index contributed by atoms with van der Waals surface area (Å²) in [5, 5.41) is 0. The summed E-state index contributed by atoms with van der Waals surface area (Å²) in [4.78, 5) is 0. The maximum atomic E-state index is 2.48. The SMILES string of the molecule is CC1CC=CC2=C1c1ccc(-c3ccccc3)cc1C2(C1=CCCC=C1)c1ccccc1. The topological polar surface area (TPSA) is 0 Å². The predicted octanol–water partition coefficient (Wildman–Crippen LogP) is 8.28. The molecule has 0 fully saturated rings. The number of hydrogen-bond acceptors (Lipinski definition) is 0. The maximum absolute atomic E-state index is 2.48. The molecule has 0 aliphatic heterocycles. The monoisotopic (exact) mass is 412 g/mol. The molecule has 0 spiro atoms. The van der Waals surface area contributed by atoms with Gasteiger partial charge < -0.3 is 0 Å². The van der Waals surface area contributed by atoms with Crippen molar-refractivity contribution in [1.29, 1.82) is 0 Å². The van der Waals surface area contributed by atoms with Gasteiger partial charge in [0.1, 0.15) is 0 Å². The summed E-state index contributed by atoms with van der Waals surface area (Å²) >= 11 is 0. The minimum Gasteiger partial charge on any atom is -0.0839 e. The van der Waals surface area contributed by atoms with Gasteiger partial charge in [-0.15, -0.1) is 0 Å². The highest BCUT2D eigenvalue weighted by Gasteiger charge is 2.49. The van der Waals surface area contributed by atoms with E-state index in [9.17, 15) is 0 Å². The largest absolute Gasteiger partial charge is 0.0839 e. The minimum atomic E-state index is -0.251. The average Bonchev–Trinajstić information content (AvgIpc) is 3.17. The molecule has 3 aliphatic carbocycles. The molecule has 0 saturated carbocycles. The van der Waals surface area contributed by atoms with Gasteiger partial charge in [-0.3, -0.25) is 0 Å². The van der Waals surface area contributed by atoms with E-state index in [1.54, 1.807) is 0 Å². The maximum Gasteiger partial charge on any atom is 0.0707 e. The highest BCUT2D eigenvalue weighted by atomic mass is 14.5. The molecule has 32 heavy (non-hydrogen) atoms. The Hall–Kier alpha value is -3.38. The smallest absolute Gasteiger partial charge is 0.0707 e. The van der Waals surface area contributed by atoms with Crippen LogP contribution in [-0.2, 0) is 5.41 Å². The first-order valence-corrected chi connectivity index (χ1v) is 11.8. The van der Waals surface area contributed by atoms with Crippen LogP contribution in [0, 0.1) is 5.92 Å². The second-order valence-electron chi connectivity index (χ2n) is 9.25. The summed E-state index contributed by atoms with van der Waals surface area (Å²) in [7, 11) is 0. The Balaban J connectivity index is 1.71. The van der Waals surface area contributed by atoms with E-state index in [1.165, 1.54) is 44.5 Å². The Kier molecular flexibility index (Phi) is 4.61. The van der Waals surface area contributed by atoms with Gasteiger partial charge in [0.15, 0.2) is 0 Å². The molecule has 0 nitrogen and oxygen atoms in total. The molecule has 3 aromatic rings. The van der Waals surface area contributed by atoms with Gasteiger partial charge in [-0.25, -0.2) is 0 Å². The van der Waals surface area contributed by atoms with Crippen LogP contribution in [-0.4, -0.2) is 0 Å². The van der Waals surface area contributed by atoms with E-state index in [-0.39, 0.29) is 5.41 Å². The molecule has 0 amide bonds. The Bertz CT molecular complexity index is 1280. The Morgan fingerprint density at radius 2 is 1.53 bits per heavy atom. The zero-order valence-electron chi connectivity index (χ0n) is 18.6. The molecule has 0 saturated heterocycles. The van der Waals surface area contributed by atoms with E-state index in [0.717, 1.165) is 19.3 Å². The van der Waals surface area contributed by atoms with Crippen LogP contribution in [0.3, 0.4) is 0 Å². The molecule has 0 aromatic heterocycles. The van der Waals surface area contributed by atoms with Crippen molar-refractivity contribution < 1.29 is 0 Å². The third kappa shape index (κ3) is 2.76. The number of rotatable bonds is 3. The lowest BCUT2D eigenvalue weighted by Gasteiger charge is -2.37. The fraction of sp³-hybridized carbons (Fsp3) is 0.188. The summed E-state index contributed by atoms with van der Waals surface area (Å²) < 4.78 is 0. The zero-order chi connectivity index (χ0) is 21.5. The normalized spacial score (nSPS) is 23.7. The highest BCUT2D eigenvalue weighted by Crippen LogP contribution is 2.59. The lowest BCUT2D eigenvalue weighted by molar-refractivity contribution is 0.715. The minimum absolute atomic E-state index is 0.251. The van der Waals surface area contributed by atoms with Gasteiger partial charge in [-0.05, 0) is 75.8 Å². The van der Waals surface area contributed by atoms with Crippen LogP contribution in [0.2, 0.25) is 0 Å². The van der Waals surface area contributed by atoms with Crippen molar-refractivity contribution in [2.75, 3.05) is 0 Å². The quantitative estimate of drug-likeness (QED) is 0.406. The molecule has 2 atom stereocenters. The molecule has 0 N–H and O–H groups in total. The third-order valence-corrected chi connectivity index (χ3v) is 7.42. The summed E-state index contributed by atoms with van der Waals surface area (Å²) in [6.45, 7) is 2.39. The number of fused-ring (bicyclic) bond motifs is 2. The average molecular weight is 413 g/mol. The van der Waals surface area contributed by atoms with Crippen molar-refractivity contribution in [2.45, 2.75) is 31.6 Å². The Morgan fingerprint density at radius 3 is 2.28 bits per heavy atom. The second-order valence-corrected chi connectivity index (χ2v) is 9.25.